The zero-order valence-electron chi connectivity index (χ0n) is 10.2. The lowest BCUT2D eigenvalue weighted by atomic mass is 9.97. The maximum absolute atomic E-state index is 13.6. The Morgan fingerprint density at radius 3 is 2.67 bits per heavy atom. The second-order valence-electron chi connectivity index (χ2n) is 4.43. The first-order chi connectivity index (χ1) is 8.61. The molecule has 1 heterocycles. The van der Waals surface area contributed by atoms with Crippen LogP contribution in [-0.4, -0.2) is 19.2 Å². The van der Waals surface area contributed by atoms with E-state index >= 15 is 0 Å². The molecule has 2 atom stereocenters. The minimum atomic E-state index is -1.17. The van der Waals surface area contributed by atoms with Crippen LogP contribution >= 0.6 is 0 Å². The minimum absolute atomic E-state index is 0.0940. The van der Waals surface area contributed by atoms with Crippen LogP contribution in [0.1, 0.15) is 31.4 Å². The Morgan fingerprint density at radius 2 is 1.94 bits per heavy atom. The lowest BCUT2D eigenvalue weighted by molar-refractivity contribution is -0.00159. The van der Waals surface area contributed by atoms with Gasteiger partial charge in [-0.3, -0.25) is 0 Å². The molecule has 0 bridgehead atoms. The number of hydrogen-bond acceptors (Lipinski definition) is 2. The Balaban J connectivity index is 2.18. The average Bonchev–Trinajstić information content (AvgIpc) is 2.34. The fraction of sp³-hybridized carbons (Fsp3) is 0.538. The number of benzene rings is 1. The van der Waals surface area contributed by atoms with Gasteiger partial charge in [-0.25, -0.2) is 13.2 Å². The van der Waals surface area contributed by atoms with Gasteiger partial charge in [-0.2, -0.15) is 0 Å². The Bertz CT molecular complexity index is 423. The second kappa shape index (κ2) is 5.71. The SMILES string of the molecule is CCNC1CCOC(c2cc(F)c(F)cc2F)C1. The third-order valence-corrected chi connectivity index (χ3v) is 3.16. The molecular weight excluding hydrogens is 243 g/mol. The summed E-state index contributed by atoms with van der Waals surface area (Å²) in [4.78, 5) is 0. The molecule has 100 valence electrons. The molecule has 1 N–H and O–H groups in total. The zero-order valence-corrected chi connectivity index (χ0v) is 10.2. The summed E-state index contributed by atoms with van der Waals surface area (Å²) in [5.41, 5.74) is 0.0940. The molecule has 1 saturated heterocycles. The van der Waals surface area contributed by atoms with Crippen LogP contribution in [0.5, 0.6) is 0 Å². The van der Waals surface area contributed by atoms with Gasteiger partial charge in [-0.1, -0.05) is 6.92 Å². The van der Waals surface area contributed by atoms with Crippen molar-refractivity contribution < 1.29 is 17.9 Å². The van der Waals surface area contributed by atoms with E-state index in [1.54, 1.807) is 0 Å². The van der Waals surface area contributed by atoms with Crippen LogP contribution in [0, 0.1) is 17.5 Å². The molecule has 1 aromatic rings. The van der Waals surface area contributed by atoms with Gasteiger partial charge in [0.25, 0.3) is 0 Å². The lowest BCUT2D eigenvalue weighted by Crippen LogP contribution is -2.36. The van der Waals surface area contributed by atoms with E-state index in [-0.39, 0.29) is 11.6 Å². The van der Waals surface area contributed by atoms with E-state index in [0.29, 0.717) is 19.1 Å². The molecule has 5 heteroatoms. The van der Waals surface area contributed by atoms with E-state index in [2.05, 4.69) is 5.32 Å². The summed E-state index contributed by atoms with van der Waals surface area (Å²) in [7, 11) is 0. The number of hydrogen-bond donors (Lipinski definition) is 1. The van der Waals surface area contributed by atoms with Gasteiger partial charge in [0.15, 0.2) is 11.6 Å². The summed E-state index contributed by atoms with van der Waals surface area (Å²) in [5, 5.41) is 3.26. The Labute approximate surface area is 104 Å². The van der Waals surface area contributed by atoms with Crippen molar-refractivity contribution in [1.29, 1.82) is 0 Å². The van der Waals surface area contributed by atoms with Gasteiger partial charge in [0.2, 0.25) is 0 Å². The first-order valence-electron chi connectivity index (χ1n) is 6.11. The molecule has 1 aliphatic heterocycles. The summed E-state index contributed by atoms with van der Waals surface area (Å²) in [5.74, 6) is -2.97. The van der Waals surface area contributed by atoms with E-state index in [1.165, 1.54) is 0 Å². The summed E-state index contributed by atoms with van der Waals surface area (Å²) >= 11 is 0. The maximum atomic E-state index is 13.6. The van der Waals surface area contributed by atoms with Gasteiger partial charge < -0.3 is 10.1 Å². The van der Waals surface area contributed by atoms with Crippen molar-refractivity contribution in [2.45, 2.75) is 31.9 Å². The highest BCUT2D eigenvalue weighted by Gasteiger charge is 2.26. The van der Waals surface area contributed by atoms with Crippen molar-refractivity contribution in [1.82, 2.24) is 5.32 Å². The fourth-order valence-corrected chi connectivity index (χ4v) is 2.27. The first-order valence-corrected chi connectivity index (χ1v) is 6.11. The molecule has 1 aliphatic rings. The van der Waals surface area contributed by atoms with Gasteiger partial charge in [-0.15, -0.1) is 0 Å². The lowest BCUT2D eigenvalue weighted by Gasteiger charge is -2.30. The molecule has 0 spiro atoms. The smallest absolute Gasteiger partial charge is 0.161 e. The number of halogens is 3. The molecule has 0 radical (unpaired) electrons. The van der Waals surface area contributed by atoms with E-state index in [0.717, 1.165) is 19.0 Å². The van der Waals surface area contributed by atoms with Crippen molar-refractivity contribution in [2.24, 2.45) is 0 Å². The first kappa shape index (κ1) is 13.4. The highest BCUT2D eigenvalue weighted by molar-refractivity contribution is 5.23. The highest BCUT2D eigenvalue weighted by Crippen LogP contribution is 2.30. The van der Waals surface area contributed by atoms with Crippen LogP contribution in [-0.2, 0) is 4.74 Å². The Morgan fingerprint density at radius 1 is 1.22 bits per heavy atom. The summed E-state index contributed by atoms with van der Waals surface area (Å²) in [6.45, 7) is 3.29. The van der Waals surface area contributed by atoms with Gasteiger partial charge in [-0.05, 0) is 25.5 Å². The van der Waals surface area contributed by atoms with Gasteiger partial charge >= 0.3 is 0 Å². The molecule has 0 saturated carbocycles. The normalized spacial score (nSPS) is 24.2. The Kier molecular flexibility index (Phi) is 4.24. The number of nitrogens with one attached hydrogen (secondary N) is 1. The van der Waals surface area contributed by atoms with Crippen LogP contribution in [0.3, 0.4) is 0 Å². The van der Waals surface area contributed by atoms with Gasteiger partial charge in [0.05, 0.1) is 6.10 Å². The predicted molar refractivity (Wildman–Crippen MR) is 61.7 cm³/mol. The monoisotopic (exact) mass is 259 g/mol. The molecule has 0 aromatic heterocycles. The van der Waals surface area contributed by atoms with E-state index in [1.807, 2.05) is 6.92 Å². The fourth-order valence-electron chi connectivity index (χ4n) is 2.27. The second-order valence-corrected chi connectivity index (χ2v) is 4.43. The van der Waals surface area contributed by atoms with E-state index in [4.69, 9.17) is 4.74 Å². The third-order valence-electron chi connectivity index (χ3n) is 3.16. The molecule has 1 fully saturated rings. The molecule has 0 aliphatic carbocycles. The van der Waals surface area contributed by atoms with E-state index < -0.39 is 23.6 Å². The minimum Gasteiger partial charge on any atom is -0.373 e. The topological polar surface area (TPSA) is 21.3 Å². The average molecular weight is 259 g/mol. The third kappa shape index (κ3) is 2.84. The van der Waals surface area contributed by atoms with Gasteiger partial charge in [0.1, 0.15) is 5.82 Å². The molecule has 0 amide bonds. The van der Waals surface area contributed by atoms with Gasteiger partial charge in [0, 0.05) is 24.3 Å². The Hall–Kier alpha value is -1.07. The van der Waals surface area contributed by atoms with Crippen molar-refractivity contribution in [3.05, 3.63) is 35.1 Å². The largest absolute Gasteiger partial charge is 0.373 e. The van der Waals surface area contributed by atoms with Crippen LogP contribution in [0.2, 0.25) is 0 Å². The molecule has 2 rings (SSSR count). The molecule has 1 aromatic carbocycles. The van der Waals surface area contributed by atoms with Crippen molar-refractivity contribution >= 4 is 0 Å². The molecule has 2 unspecified atom stereocenters. The highest BCUT2D eigenvalue weighted by atomic mass is 19.2. The number of rotatable bonds is 3. The summed E-state index contributed by atoms with van der Waals surface area (Å²) < 4.78 is 45.1. The number of ether oxygens (including phenoxy) is 1. The van der Waals surface area contributed by atoms with Crippen molar-refractivity contribution in [3.63, 3.8) is 0 Å². The standard InChI is InChI=1S/C13H16F3NO/c1-2-17-8-3-4-18-13(5-8)9-6-11(15)12(16)7-10(9)14/h6-8,13,17H,2-5H2,1H3. The van der Waals surface area contributed by atoms with Crippen molar-refractivity contribution in [2.75, 3.05) is 13.2 Å². The van der Waals surface area contributed by atoms with E-state index in [9.17, 15) is 13.2 Å². The zero-order chi connectivity index (χ0) is 13.1. The summed E-state index contributed by atoms with van der Waals surface area (Å²) in [6.07, 6.45) is 0.892. The maximum Gasteiger partial charge on any atom is 0.161 e. The molecule has 2 nitrogen and oxygen atoms in total. The quantitative estimate of drug-likeness (QED) is 0.843. The molecular formula is C13H16F3NO. The predicted octanol–water partition coefficient (Wildman–Crippen LogP) is 2.93. The summed E-state index contributed by atoms with van der Waals surface area (Å²) in [6, 6.07) is 1.69. The van der Waals surface area contributed by atoms with Crippen LogP contribution in [0.15, 0.2) is 12.1 Å². The van der Waals surface area contributed by atoms with Crippen LogP contribution in [0.4, 0.5) is 13.2 Å². The van der Waals surface area contributed by atoms with Crippen molar-refractivity contribution in [3.8, 4) is 0 Å². The van der Waals surface area contributed by atoms with Crippen LogP contribution < -0.4 is 5.32 Å². The van der Waals surface area contributed by atoms with Crippen LogP contribution in [0.25, 0.3) is 0 Å². The molecule has 18 heavy (non-hydrogen) atoms.